The SMILES string of the molecule is O=C(c1cscn1)N1CCCS(=O)CC1. The Labute approximate surface area is 94.8 Å². The Morgan fingerprint density at radius 1 is 1.47 bits per heavy atom. The van der Waals surface area contributed by atoms with Gasteiger partial charge in [-0.15, -0.1) is 11.3 Å². The number of hydrogen-bond acceptors (Lipinski definition) is 4. The van der Waals surface area contributed by atoms with Crippen molar-refractivity contribution in [3.05, 3.63) is 16.6 Å². The van der Waals surface area contributed by atoms with Gasteiger partial charge in [0, 0.05) is 40.8 Å². The molecule has 1 aliphatic rings. The molecule has 1 aliphatic heterocycles. The van der Waals surface area contributed by atoms with Gasteiger partial charge in [-0.1, -0.05) is 0 Å². The third kappa shape index (κ3) is 2.63. The number of amides is 1. The normalized spacial score (nSPS) is 22.4. The summed E-state index contributed by atoms with van der Waals surface area (Å²) in [5, 5.41) is 1.75. The molecule has 1 atom stereocenters. The first kappa shape index (κ1) is 10.8. The van der Waals surface area contributed by atoms with Gasteiger partial charge in [-0.25, -0.2) is 4.98 Å². The molecular weight excluding hydrogens is 232 g/mol. The van der Waals surface area contributed by atoms with E-state index < -0.39 is 10.8 Å². The Morgan fingerprint density at radius 3 is 3.07 bits per heavy atom. The summed E-state index contributed by atoms with van der Waals surface area (Å²) in [6.45, 7) is 1.28. The molecule has 0 aliphatic carbocycles. The summed E-state index contributed by atoms with van der Waals surface area (Å²) in [6, 6.07) is 0. The summed E-state index contributed by atoms with van der Waals surface area (Å²) in [6.07, 6.45) is 0.822. The Kier molecular flexibility index (Phi) is 3.48. The van der Waals surface area contributed by atoms with Crippen LogP contribution in [0.2, 0.25) is 0 Å². The van der Waals surface area contributed by atoms with Gasteiger partial charge in [0.05, 0.1) is 5.51 Å². The Hall–Kier alpha value is -0.750. The zero-order chi connectivity index (χ0) is 10.7. The minimum atomic E-state index is -0.753. The molecule has 1 fully saturated rings. The van der Waals surface area contributed by atoms with Crippen LogP contribution in [0.4, 0.5) is 0 Å². The fourth-order valence-corrected chi connectivity index (χ4v) is 3.13. The lowest BCUT2D eigenvalue weighted by Gasteiger charge is -2.18. The summed E-state index contributed by atoms with van der Waals surface area (Å²) in [7, 11) is -0.753. The fraction of sp³-hybridized carbons (Fsp3) is 0.556. The highest BCUT2D eigenvalue weighted by Gasteiger charge is 2.20. The maximum absolute atomic E-state index is 11.9. The highest BCUT2D eigenvalue weighted by Crippen LogP contribution is 2.09. The molecule has 1 amide bonds. The number of carbonyl (C=O) groups is 1. The van der Waals surface area contributed by atoms with Crippen molar-refractivity contribution >= 4 is 28.0 Å². The maximum atomic E-state index is 11.9. The van der Waals surface area contributed by atoms with E-state index in [1.807, 2.05) is 0 Å². The fourth-order valence-electron chi connectivity index (χ4n) is 1.53. The van der Waals surface area contributed by atoms with Crippen molar-refractivity contribution in [2.45, 2.75) is 6.42 Å². The lowest BCUT2D eigenvalue weighted by atomic mass is 10.3. The Morgan fingerprint density at radius 2 is 2.33 bits per heavy atom. The largest absolute Gasteiger partial charge is 0.336 e. The van der Waals surface area contributed by atoms with Crippen LogP contribution in [-0.2, 0) is 10.8 Å². The second-order valence-corrected chi connectivity index (χ2v) is 5.78. The van der Waals surface area contributed by atoms with Crippen LogP contribution in [0.1, 0.15) is 16.9 Å². The molecule has 6 heteroatoms. The maximum Gasteiger partial charge on any atom is 0.273 e. The van der Waals surface area contributed by atoms with Gasteiger partial charge < -0.3 is 4.90 Å². The highest BCUT2D eigenvalue weighted by molar-refractivity contribution is 7.85. The van der Waals surface area contributed by atoms with Crippen LogP contribution in [0.3, 0.4) is 0 Å². The van der Waals surface area contributed by atoms with Crippen molar-refractivity contribution in [2.75, 3.05) is 24.6 Å². The highest BCUT2D eigenvalue weighted by atomic mass is 32.2. The van der Waals surface area contributed by atoms with Gasteiger partial charge in [0.1, 0.15) is 5.69 Å². The van der Waals surface area contributed by atoms with E-state index in [-0.39, 0.29) is 5.91 Å². The third-order valence-corrected chi connectivity index (χ3v) is 4.30. The van der Waals surface area contributed by atoms with E-state index in [1.54, 1.807) is 15.8 Å². The minimum absolute atomic E-state index is 0.0323. The number of aromatic nitrogens is 1. The molecule has 1 aromatic rings. The predicted octanol–water partition coefficient (Wildman–Crippen LogP) is 0.738. The van der Waals surface area contributed by atoms with E-state index in [2.05, 4.69) is 4.98 Å². The Balaban J connectivity index is 2.04. The Bertz CT molecular complexity index is 364. The number of hydrogen-bond donors (Lipinski definition) is 0. The molecular formula is C9H12N2O2S2. The molecule has 0 aromatic carbocycles. The van der Waals surface area contributed by atoms with Crippen LogP contribution in [-0.4, -0.2) is 44.6 Å². The standard InChI is InChI=1S/C9H12N2O2S2/c12-9(8-6-14-7-10-8)11-2-1-4-15(13)5-3-11/h6-7H,1-5H2. The molecule has 82 valence electrons. The number of rotatable bonds is 1. The van der Waals surface area contributed by atoms with E-state index in [0.29, 0.717) is 30.3 Å². The van der Waals surface area contributed by atoms with Crippen molar-refractivity contribution in [2.24, 2.45) is 0 Å². The zero-order valence-electron chi connectivity index (χ0n) is 8.22. The average Bonchev–Trinajstić information content (AvgIpc) is 2.67. The van der Waals surface area contributed by atoms with Gasteiger partial charge in [0.25, 0.3) is 5.91 Å². The van der Waals surface area contributed by atoms with Gasteiger partial charge >= 0.3 is 0 Å². The van der Waals surface area contributed by atoms with Gasteiger partial charge in [0.2, 0.25) is 0 Å². The first-order valence-corrected chi connectivity index (χ1v) is 7.23. The first-order chi connectivity index (χ1) is 7.27. The lowest BCUT2D eigenvalue weighted by molar-refractivity contribution is 0.0763. The second kappa shape index (κ2) is 4.85. The van der Waals surface area contributed by atoms with E-state index in [0.717, 1.165) is 6.42 Å². The van der Waals surface area contributed by atoms with Crippen LogP contribution in [0.5, 0.6) is 0 Å². The summed E-state index contributed by atoms with van der Waals surface area (Å²) in [5.74, 6) is 1.27. The van der Waals surface area contributed by atoms with E-state index in [1.165, 1.54) is 11.3 Å². The molecule has 4 nitrogen and oxygen atoms in total. The molecule has 1 saturated heterocycles. The molecule has 1 unspecified atom stereocenters. The van der Waals surface area contributed by atoms with Crippen molar-refractivity contribution < 1.29 is 9.00 Å². The van der Waals surface area contributed by atoms with E-state index >= 15 is 0 Å². The average molecular weight is 244 g/mol. The van der Waals surface area contributed by atoms with E-state index in [4.69, 9.17) is 0 Å². The van der Waals surface area contributed by atoms with Gasteiger partial charge in [0.15, 0.2) is 0 Å². The third-order valence-electron chi connectivity index (χ3n) is 2.33. The molecule has 0 bridgehead atoms. The molecule has 2 heterocycles. The van der Waals surface area contributed by atoms with E-state index in [9.17, 15) is 9.00 Å². The van der Waals surface area contributed by atoms with Gasteiger partial charge in [-0.2, -0.15) is 0 Å². The zero-order valence-corrected chi connectivity index (χ0v) is 9.85. The summed E-state index contributed by atoms with van der Waals surface area (Å²) >= 11 is 1.42. The topological polar surface area (TPSA) is 50.3 Å². The first-order valence-electron chi connectivity index (χ1n) is 4.80. The molecule has 1 aromatic heterocycles. The van der Waals surface area contributed by atoms with Crippen molar-refractivity contribution in [3.63, 3.8) is 0 Å². The van der Waals surface area contributed by atoms with Crippen LogP contribution in [0, 0.1) is 0 Å². The summed E-state index contributed by atoms with van der Waals surface area (Å²) < 4.78 is 11.3. The molecule has 2 rings (SSSR count). The smallest absolute Gasteiger partial charge is 0.273 e. The predicted molar refractivity (Wildman–Crippen MR) is 60.5 cm³/mol. The number of thiazole rings is 1. The monoisotopic (exact) mass is 244 g/mol. The summed E-state index contributed by atoms with van der Waals surface area (Å²) in [5.41, 5.74) is 2.16. The molecule has 0 radical (unpaired) electrons. The minimum Gasteiger partial charge on any atom is -0.336 e. The van der Waals surface area contributed by atoms with Gasteiger partial charge in [-0.3, -0.25) is 9.00 Å². The number of nitrogens with zero attached hydrogens (tertiary/aromatic N) is 2. The van der Waals surface area contributed by atoms with Gasteiger partial charge in [-0.05, 0) is 6.42 Å². The van der Waals surface area contributed by atoms with Crippen molar-refractivity contribution in [1.29, 1.82) is 0 Å². The van der Waals surface area contributed by atoms with Crippen LogP contribution < -0.4 is 0 Å². The molecule has 15 heavy (non-hydrogen) atoms. The molecule has 0 saturated carbocycles. The quantitative estimate of drug-likeness (QED) is 0.732. The van der Waals surface area contributed by atoms with Crippen LogP contribution in [0.25, 0.3) is 0 Å². The molecule has 0 N–H and O–H groups in total. The number of carbonyl (C=O) groups excluding carboxylic acids is 1. The lowest BCUT2D eigenvalue weighted by Crippen LogP contribution is -2.33. The van der Waals surface area contributed by atoms with Crippen molar-refractivity contribution in [1.82, 2.24) is 9.88 Å². The van der Waals surface area contributed by atoms with Crippen LogP contribution >= 0.6 is 11.3 Å². The van der Waals surface area contributed by atoms with Crippen molar-refractivity contribution in [3.8, 4) is 0 Å². The van der Waals surface area contributed by atoms with Crippen LogP contribution in [0.15, 0.2) is 10.9 Å². The summed E-state index contributed by atoms with van der Waals surface area (Å²) in [4.78, 5) is 17.6. The second-order valence-electron chi connectivity index (χ2n) is 3.37. The molecule has 0 spiro atoms.